The first-order chi connectivity index (χ1) is 9.00. The van der Waals surface area contributed by atoms with Crippen LogP contribution in [0.15, 0.2) is 30.5 Å². The minimum Gasteiger partial charge on any atom is -0.317 e. The van der Waals surface area contributed by atoms with Crippen LogP contribution in [-0.4, -0.2) is 10.9 Å². The van der Waals surface area contributed by atoms with Gasteiger partial charge in [0.1, 0.15) is 11.5 Å². The molecule has 6 heteroatoms. The van der Waals surface area contributed by atoms with E-state index in [2.05, 4.69) is 4.98 Å². The van der Waals surface area contributed by atoms with Gasteiger partial charge in [-0.15, -0.1) is 0 Å². The van der Waals surface area contributed by atoms with Crippen molar-refractivity contribution in [1.29, 1.82) is 0 Å². The summed E-state index contributed by atoms with van der Waals surface area (Å²) >= 11 is 0. The van der Waals surface area contributed by atoms with Crippen LogP contribution in [0.4, 0.5) is 18.9 Å². The van der Waals surface area contributed by atoms with Crippen LogP contribution < -0.4 is 5.32 Å². The fraction of sp³-hybridized carbons (Fsp3) is 0.0769. The maximum atomic E-state index is 13.7. The third-order valence-corrected chi connectivity index (χ3v) is 2.53. The second kappa shape index (κ2) is 5.09. The molecule has 1 amide bonds. The van der Waals surface area contributed by atoms with Crippen LogP contribution in [0.3, 0.4) is 0 Å². The van der Waals surface area contributed by atoms with Crippen LogP contribution in [-0.2, 0) is 0 Å². The van der Waals surface area contributed by atoms with Crippen LogP contribution in [0.5, 0.6) is 0 Å². The number of pyridine rings is 1. The number of rotatable bonds is 2. The molecule has 3 nitrogen and oxygen atoms in total. The Morgan fingerprint density at radius 2 is 1.95 bits per heavy atom. The minimum atomic E-state index is -1.01. The molecule has 0 aliphatic rings. The summed E-state index contributed by atoms with van der Waals surface area (Å²) in [4.78, 5) is 15.0. The third-order valence-electron chi connectivity index (χ3n) is 2.53. The molecule has 2 rings (SSSR count). The summed E-state index contributed by atoms with van der Waals surface area (Å²) < 4.78 is 40.4. The van der Waals surface area contributed by atoms with Gasteiger partial charge in [0.15, 0.2) is 5.82 Å². The van der Waals surface area contributed by atoms with Gasteiger partial charge in [0.2, 0.25) is 5.95 Å². The Labute approximate surface area is 107 Å². The van der Waals surface area contributed by atoms with Crippen LogP contribution in [0, 0.1) is 24.5 Å². The number of hydrogen-bond donors (Lipinski definition) is 1. The van der Waals surface area contributed by atoms with Gasteiger partial charge in [0.05, 0.1) is 5.56 Å². The predicted octanol–water partition coefficient (Wildman–Crippen LogP) is 3.06. The molecule has 0 bridgehead atoms. The molecule has 0 radical (unpaired) electrons. The van der Waals surface area contributed by atoms with Gasteiger partial charge < -0.3 is 5.32 Å². The minimum absolute atomic E-state index is 0.170. The summed E-state index contributed by atoms with van der Waals surface area (Å²) in [5.74, 6) is -3.79. The summed E-state index contributed by atoms with van der Waals surface area (Å²) in [5, 5.41) is 2.01. The zero-order valence-electron chi connectivity index (χ0n) is 9.88. The molecule has 0 saturated carbocycles. The zero-order chi connectivity index (χ0) is 14.0. The van der Waals surface area contributed by atoms with E-state index in [9.17, 15) is 18.0 Å². The van der Waals surface area contributed by atoms with E-state index in [4.69, 9.17) is 0 Å². The molecule has 19 heavy (non-hydrogen) atoms. The molecule has 1 aromatic heterocycles. The number of benzene rings is 1. The van der Waals surface area contributed by atoms with Crippen molar-refractivity contribution in [3.05, 3.63) is 59.2 Å². The molecule has 0 unspecified atom stereocenters. The van der Waals surface area contributed by atoms with Crippen molar-refractivity contribution in [1.82, 2.24) is 4.98 Å². The predicted molar refractivity (Wildman–Crippen MR) is 63.2 cm³/mol. The number of amides is 1. The van der Waals surface area contributed by atoms with Gasteiger partial charge in [-0.25, -0.2) is 13.8 Å². The quantitative estimate of drug-likeness (QED) is 0.849. The van der Waals surface area contributed by atoms with E-state index in [1.165, 1.54) is 31.3 Å². The highest BCUT2D eigenvalue weighted by atomic mass is 19.1. The van der Waals surface area contributed by atoms with Gasteiger partial charge in [-0.3, -0.25) is 4.79 Å². The highest BCUT2D eigenvalue weighted by Crippen LogP contribution is 2.22. The van der Waals surface area contributed by atoms with Gasteiger partial charge in [-0.2, -0.15) is 4.39 Å². The Kier molecular flexibility index (Phi) is 3.50. The topological polar surface area (TPSA) is 42.0 Å². The molecular formula is C13H9F3N2O. The average molecular weight is 266 g/mol. The third kappa shape index (κ3) is 2.57. The molecular weight excluding hydrogens is 257 g/mol. The van der Waals surface area contributed by atoms with E-state index >= 15 is 0 Å². The first-order valence-corrected chi connectivity index (χ1v) is 5.37. The van der Waals surface area contributed by atoms with Crippen molar-refractivity contribution in [2.45, 2.75) is 6.92 Å². The number of anilines is 1. The average Bonchev–Trinajstić information content (AvgIpc) is 2.39. The van der Waals surface area contributed by atoms with Crippen molar-refractivity contribution in [3.63, 3.8) is 0 Å². The molecule has 0 aliphatic heterocycles. The lowest BCUT2D eigenvalue weighted by Crippen LogP contribution is -2.16. The molecule has 0 fully saturated rings. The molecule has 0 aliphatic carbocycles. The summed E-state index contributed by atoms with van der Waals surface area (Å²) in [6, 6.07) is 4.78. The zero-order valence-corrected chi connectivity index (χ0v) is 9.88. The molecule has 0 saturated heterocycles. The molecule has 1 aromatic carbocycles. The van der Waals surface area contributed by atoms with E-state index in [-0.39, 0.29) is 11.1 Å². The maximum Gasteiger partial charge on any atom is 0.260 e. The lowest BCUT2D eigenvalue weighted by molar-refractivity contribution is 0.102. The number of hydrogen-bond acceptors (Lipinski definition) is 2. The van der Waals surface area contributed by atoms with Crippen LogP contribution in [0.2, 0.25) is 0 Å². The summed E-state index contributed by atoms with van der Waals surface area (Å²) in [6.07, 6.45) is 1.17. The summed E-state index contributed by atoms with van der Waals surface area (Å²) in [5.41, 5.74) is -0.820. The molecule has 1 heterocycles. The van der Waals surface area contributed by atoms with Gasteiger partial charge in [-0.05, 0) is 30.7 Å². The van der Waals surface area contributed by atoms with Crippen molar-refractivity contribution < 1.29 is 18.0 Å². The van der Waals surface area contributed by atoms with Gasteiger partial charge in [0, 0.05) is 6.20 Å². The summed E-state index contributed by atoms with van der Waals surface area (Å²) in [7, 11) is 0. The lowest BCUT2D eigenvalue weighted by atomic mass is 10.2. The maximum absolute atomic E-state index is 13.7. The smallest absolute Gasteiger partial charge is 0.260 e. The van der Waals surface area contributed by atoms with Crippen LogP contribution in [0.25, 0.3) is 0 Å². The highest BCUT2D eigenvalue weighted by molar-refractivity contribution is 6.04. The molecule has 0 atom stereocenters. The number of aryl methyl sites for hydroxylation is 1. The summed E-state index contributed by atoms with van der Waals surface area (Å²) in [6.45, 7) is 1.43. The van der Waals surface area contributed by atoms with Crippen molar-refractivity contribution in [2.24, 2.45) is 0 Å². The Balaban J connectivity index is 2.35. The number of nitrogens with one attached hydrogen (secondary N) is 1. The number of aromatic nitrogens is 1. The number of carbonyl (C=O) groups excluding carboxylic acids is 1. The fourth-order valence-corrected chi connectivity index (χ4v) is 1.51. The number of carbonyl (C=O) groups is 1. The second-order valence-corrected chi connectivity index (χ2v) is 3.85. The first kappa shape index (κ1) is 13.1. The van der Waals surface area contributed by atoms with E-state index in [0.717, 1.165) is 6.07 Å². The van der Waals surface area contributed by atoms with E-state index in [1.54, 1.807) is 0 Å². The van der Waals surface area contributed by atoms with Crippen LogP contribution >= 0.6 is 0 Å². The molecule has 2 aromatic rings. The molecule has 98 valence electrons. The monoisotopic (exact) mass is 266 g/mol. The molecule has 1 N–H and O–H groups in total. The Bertz CT molecular complexity index is 644. The van der Waals surface area contributed by atoms with Crippen molar-refractivity contribution in [2.75, 3.05) is 5.32 Å². The number of nitrogens with zero attached hydrogens (tertiary/aromatic N) is 1. The first-order valence-electron chi connectivity index (χ1n) is 5.37. The van der Waals surface area contributed by atoms with Gasteiger partial charge in [-0.1, -0.05) is 6.07 Å². The Morgan fingerprint density at radius 3 is 2.63 bits per heavy atom. The van der Waals surface area contributed by atoms with E-state index in [0.29, 0.717) is 0 Å². The Morgan fingerprint density at radius 1 is 1.21 bits per heavy atom. The lowest BCUT2D eigenvalue weighted by Gasteiger charge is -2.09. The highest BCUT2D eigenvalue weighted by Gasteiger charge is 2.17. The van der Waals surface area contributed by atoms with E-state index in [1.807, 2.05) is 5.32 Å². The SMILES string of the molecule is Cc1ccc(F)c(NC(=O)c2cccnc2F)c1F. The van der Waals surface area contributed by atoms with Gasteiger partial charge in [0.25, 0.3) is 5.91 Å². The number of halogens is 3. The Hall–Kier alpha value is -2.37. The molecule has 0 spiro atoms. The van der Waals surface area contributed by atoms with Crippen LogP contribution in [0.1, 0.15) is 15.9 Å². The largest absolute Gasteiger partial charge is 0.317 e. The standard InChI is InChI=1S/C13H9F3N2O/c1-7-4-5-9(14)11(10(7)15)18-13(19)8-3-2-6-17-12(8)16/h2-6H,1H3,(H,18,19). The van der Waals surface area contributed by atoms with Gasteiger partial charge >= 0.3 is 0 Å². The van der Waals surface area contributed by atoms with Crippen molar-refractivity contribution >= 4 is 11.6 Å². The van der Waals surface area contributed by atoms with Crippen molar-refractivity contribution in [3.8, 4) is 0 Å². The second-order valence-electron chi connectivity index (χ2n) is 3.85. The fourth-order valence-electron chi connectivity index (χ4n) is 1.51. The van der Waals surface area contributed by atoms with E-state index < -0.39 is 29.2 Å². The normalized spacial score (nSPS) is 10.3.